The molecule has 1 aromatic carbocycles. The van der Waals surface area contributed by atoms with E-state index in [9.17, 15) is 4.79 Å². The van der Waals surface area contributed by atoms with E-state index in [1.54, 1.807) is 11.3 Å². The highest BCUT2D eigenvalue weighted by Crippen LogP contribution is 2.30. The molecule has 2 aromatic rings. The maximum atomic E-state index is 11.1. The average molecular weight is 273 g/mol. The number of benzene rings is 1. The van der Waals surface area contributed by atoms with Gasteiger partial charge in [0.1, 0.15) is 5.01 Å². The Labute approximate surface area is 115 Å². The number of nitrogens with zero attached hydrogens (tertiary/aromatic N) is 1. The molecular weight excluding hydrogens is 258 g/mol. The molecule has 0 radical (unpaired) electrons. The minimum absolute atomic E-state index is 0.0558. The third-order valence-electron chi connectivity index (χ3n) is 3.03. The summed E-state index contributed by atoms with van der Waals surface area (Å²) in [6.45, 7) is 3.43. The lowest BCUT2D eigenvalue weighted by Crippen LogP contribution is -2.22. The van der Waals surface area contributed by atoms with Crippen LogP contribution >= 0.6 is 11.3 Å². The molecule has 0 spiro atoms. The maximum Gasteiger partial charge on any atom is 0.221 e. The lowest BCUT2D eigenvalue weighted by Gasteiger charge is -2.09. The zero-order chi connectivity index (χ0) is 13.2. The third-order valence-corrected chi connectivity index (χ3v) is 4.18. The highest BCUT2D eigenvalue weighted by molar-refractivity contribution is 7.15. The van der Waals surface area contributed by atoms with Gasteiger partial charge in [-0.2, -0.15) is 0 Å². The van der Waals surface area contributed by atoms with Gasteiger partial charge in [0, 0.05) is 42.6 Å². The van der Waals surface area contributed by atoms with Gasteiger partial charge in [0.25, 0.3) is 0 Å². The van der Waals surface area contributed by atoms with E-state index in [4.69, 9.17) is 4.98 Å². The summed E-state index contributed by atoms with van der Waals surface area (Å²) in [6.07, 6.45) is 0.997. The lowest BCUT2D eigenvalue weighted by atomic mass is 10.2. The van der Waals surface area contributed by atoms with Crippen LogP contribution in [0.15, 0.2) is 24.3 Å². The zero-order valence-corrected chi connectivity index (χ0v) is 11.5. The molecule has 4 nitrogen and oxygen atoms in total. The molecule has 3 rings (SSSR count). The van der Waals surface area contributed by atoms with Gasteiger partial charge < -0.3 is 10.6 Å². The molecule has 0 unspecified atom stereocenters. The smallest absolute Gasteiger partial charge is 0.221 e. The first-order chi connectivity index (χ1) is 9.22. The number of carbonyl (C=O) groups is 1. The van der Waals surface area contributed by atoms with Gasteiger partial charge in [0.2, 0.25) is 5.91 Å². The highest BCUT2D eigenvalue weighted by Gasteiger charge is 2.15. The Morgan fingerprint density at radius 3 is 3.16 bits per heavy atom. The Morgan fingerprint density at radius 2 is 2.37 bits per heavy atom. The largest absolute Gasteiger partial charge is 0.326 e. The number of nitrogens with one attached hydrogen (secondary N) is 2. The van der Waals surface area contributed by atoms with E-state index in [0.717, 1.165) is 35.8 Å². The first kappa shape index (κ1) is 12.3. The van der Waals surface area contributed by atoms with Gasteiger partial charge in [0.15, 0.2) is 0 Å². The van der Waals surface area contributed by atoms with Crippen LogP contribution in [0.4, 0.5) is 5.69 Å². The molecular formula is C14H15N3OS. The normalized spacial score (nSPS) is 13.9. The van der Waals surface area contributed by atoms with Crippen molar-refractivity contribution in [2.45, 2.75) is 19.9 Å². The van der Waals surface area contributed by atoms with Crippen molar-refractivity contribution in [3.63, 3.8) is 0 Å². The van der Waals surface area contributed by atoms with Crippen LogP contribution in [0.3, 0.4) is 0 Å². The van der Waals surface area contributed by atoms with Crippen molar-refractivity contribution in [1.82, 2.24) is 10.3 Å². The second-order valence-electron chi connectivity index (χ2n) is 4.58. The van der Waals surface area contributed by atoms with Crippen molar-refractivity contribution in [2.24, 2.45) is 0 Å². The molecule has 0 saturated carbocycles. The monoisotopic (exact) mass is 273 g/mol. The first-order valence-electron chi connectivity index (χ1n) is 6.30. The number of thiazole rings is 1. The van der Waals surface area contributed by atoms with Crippen LogP contribution in [0, 0.1) is 0 Å². The fraction of sp³-hybridized carbons (Fsp3) is 0.286. The minimum atomic E-state index is -0.0558. The summed E-state index contributed by atoms with van der Waals surface area (Å²) < 4.78 is 0. The predicted molar refractivity (Wildman–Crippen MR) is 77.3 cm³/mol. The van der Waals surface area contributed by atoms with Gasteiger partial charge in [0.05, 0.1) is 5.69 Å². The van der Waals surface area contributed by atoms with Crippen LogP contribution in [-0.2, 0) is 17.8 Å². The summed E-state index contributed by atoms with van der Waals surface area (Å²) in [5.74, 6) is -0.0558. The van der Waals surface area contributed by atoms with Crippen molar-refractivity contribution < 1.29 is 4.79 Å². The van der Waals surface area contributed by atoms with Crippen LogP contribution in [0.5, 0.6) is 0 Å². The van der Waals surface area contributed by atoms with E-state index in [2.05, 4.69) is 10.6 Å². The van der Waals surface area contributed by atoms with E-state index in [0.29, 0.717) is 0 Å². The molecule has 0 bridgehead atoms. The van der Waals surface area contributed by atoms with Crippen molar-refractivity contribution in [3.05, 3.63) is 34.8 Å². The number of rotatable bonds is 2. The minimum Gasteiger partial charge on any atom is -0.326 e. The van der Waals surface area contributed by atoms with Gasteiger partial charge in [-0.05, 0) is 12.1 Å². The van der Waals surface area contributed by atoms with Crippen molar-refractivity contribution in [3.8, 4) is 10.6 Å². The molecule has 1 aliphatic rings. The molecule has 98 valence electrons. The van der Waals surface area contributed by atoms with Crippen LogP contribution < -0.4 is 10.6 Å². The van der Waals surface area contributed by atoms with E-state index in [1.807, 2.05) is 24.3 Å². The summed E-state index contributed by atoms with van der Waals surface area (Å²) in [4.78, 5) is 17.1. The predicted octanol–water partition coefficient (Wildman–Crippen LogP) is 2.41. The number of amides is 1. The fourth-order valence-electron chi connectivity index (χ4n) is 2.18. The second kappa shape index (κ2) is 5.11. The summed E-state index contributed by atoms with van der Waals surface area (Å²) in [7, 11) is 0. The lowest BCUT2D eigenvalue weighted by molar-refractivity contribution is -0.114. The number of carbonyl (C=O) groups excluding carboxylic acids is 1. The van der Waals surface area contributed by atoms with Crippen molar-refractivity contribution in [2.75, 3.05) is 11.9 Å². The standard InChI is InChI=1S/C14H15N3OS/c1-9(18)16-11-4-2-3-10(7-11)14-17-12-5-6-15-8-13(12)19-14/h2-4,7,15H,5-6,8H2,1H3,(H,16,18). The topological polar surface area (TPSA) is 54.0 Å². The summed E-state index contributed by atoms with van der Waals surface area (Å²) in [5, 5.41) is 7.19. The molecule has 0 fully saturated rings. The van der Waals surface area contributed by atoms with Gasteiger partial charge in [-0.25, -0.2) is 4.98 Å². The summed E-state index contributed by atoms with van der Waals surface area (Å²) in [5.41, 5.74) is 3.09. The Morgan fingerprint density at radius 1 is 1.47 bits per heavy atom. The van der Waals surface area contributed by atoms with E-state index in [1.165, 1.54) is 17.5 Å². The number of fused-ring (bicyclic) bond motifs is 1. The molecule has 5 heteroatoms. The van der Waals surface area contributed by atoms with E-state index < -0.39 is 0 Å². The van der Waals surface area contributed by atoms with Gasteiger partial charge in [-0.15, -0.1) is 11.3 Å². The number of hydrogen-bond acceptors (Lipinski definition) is 4. The molecule has 0 atom stereocenters. The van der Waals surface area contributed by atoms with Crippen molar-refractivity contribution >= 4 is 22.9 Å². The Bertz CT molecular complexity index is 597. The van der Waals surface area contributed by atoms with Crippen molar-refractivity contribution in [1.29, 1.82) is 0 Å². The molecule has 0 aliphatic carbocycles. The van der Waals surface area contributed by atoms with Crippen LogP contribution in [0.1, 0.15) is 17.5 Å². The Hall–Kier alpha value is -1.72. The van der Waals surface area contributed by atoms with Gasteiger partial charge >= 0.3 is 0 Å². The molecule has 2 heterocycles. The number of anilines is 1. The quantitative estimate of drug-likeness (QED) is 0.883. The molecule has 19 heavy (non-hydrogen) atoms. The number of hydrogen-bond donors (Lipinski definition) is 2. The second-order valence-corrected chi connectivity index (χ2v) is 5.66. The number of aromatic nitrogens is 1. The van der Waals surface area contributed by atoms with E-state index in [-0.39, 0.29) is 5.91 Å². The Balaban J connectivity index is 1.93. The Kier molecular flexibility index (Phi) is 3.31. The fourth-order valence-corrected chi connectivity index (χ4v) is 3.26. The maximum absolute atomic E-state index is 11.1. The summed E-state index contributed by atoms with van der Waals surface area (Å²) in [6, 6.07) is 7.83. The molecule has 1 amide bonds. The first-order valence-corrected chi connectivity index (χ1v) is 7.11. The van der Waals surface area contributed by atoms with E-state index >= 15 is 0 Å². The van der Waals surface area contributed by atoms with Crippen LogP contribution in [0.25, 0.3) is 10.6 Å². The zero-order valence-electron chi connectivity index (χ0n) is 10.7. The molecule has 1 aliphatic heterocycles. The highest BCUT2D eigenvalue weighted by atomic mass is 32.1. The molecule has 0 saturated heterocycles. The molecule has 2 N–H and O–H groups in total. The average Bonchev–Trinajstić information content (AvgIpc) is 2.82. The SMILES string of the molecule is CC(=O)Nc1cccc(-c2nc3c(s2)CNCC3)c1. The van der Waals surface area contributed by atoms with Gasteiger partial charge in [-0.1, -0.05) is 12.1 Å². The van der Waals surface area contributed by atoms with Crippen LogP contribution in [0.2, 0.25) is 0 Å². The summed E-state index contributed by atoms with van der Waals surface area (Å²) >= 11 is 1.73. The molecule has 1 aromatic heterocycles. The van der Waals surface area contributed by atoms with Crippen LogP contribution in [-0.4, -0.2) is 17.4 Å². The van der Waals surface area contributed by atoms with Gasteiger partial charge in [-0.3, -0.25) is 4.79 Å². The third kappa shape index (κ3) is 2.67.